The number of fused-ring (bicyclic) bond motifs is 1. The van der Waals surface area contributed by atoms with Crippen LogP contribution in [-0.4, -0.2) is 69.6 Å². The lowest BCUT2D eigenvalue weighted by Gasteiger charge is -2.49. The van der Waals surface area contributed by atoms with Gasteiger partial charge in [0.2, 0.25) is 21.8 Å². The molecule has 0 aliphatic carbocycles. The molecule has 3 heterocycles. The molecule has 3 atom stereocenters. The molecule has 2 saturated heterocycles. The molecule has 4 rings (SSSR count). The maximum absolute atomic E-state index is 15.4. The van der Waals surface area contributed by atoms with E-state index in [1.807, 2.05) is 0 Å². The summed E-state index contributed by atoms with van der Waals surface area (Å²) in [5.74, 6) is -0.173. The van der Waals surface area contributed by atoms with Crippen molar-refractivity contribution in [3.8, 4) is 17.5 Å². The van der Waals surface area contributed by atoms with Crippen molar-refractivity contribution in [2.24, 2.45) is 0 Å². The molecule has 13 heteroatoms. The number of nitrogens with one attached hydrogen (secondary N) is 3. The molecule has 3 N–H and O–H groups in total. The molecule has 0 amide bonds. The molecule has 34 heavy (non-hydrogen) atoms. The Labute approximate surface area is 196 Å². The first-order valence-electron chi connectivity index (χ1n) is 10.4. The van der Waals surface area contributed by atoms with Crippen LogP contribution in [0.4, 0.5) is 4.39 Å². The van der Waals surface area contributed by atoms with E-state index in [4.69, 9.17) is 24.4 Å². The third-order valence-electron chi connectivity index (χ3n) is 6.25. The lowest BCUT2D eigenvalue weighted by Crippen LogP contribution is -2.67. The van der Waals surface area contributed by atoms with E-state index < -0.39 is 32.2 Å². The maximum Gasteiger partial charge on any atom is 0.241 e. The highest BCUT2D eigenvalue weighted by Crippen LogP contribution is 2.52. The van der Waals surface area contributed by atoms with Gasteiger partial charge in [-0.1, -0.05) is 0 Å². The molecule has 2 aliphatic rings. The van der Waals surface area contributed by atoms with Crippen LogP contribution in [0.1, 0.15) is 18.4 Å². The average molecular weight is 496 g/mol. The van der Waals surface area contributed by atoms with Gasteiger partial charge in [0, 0.05) is 19.1 Å². The Morgan fingerprint density at radius 1 is 1.32 bits per heavy atom. The van der Waals surface area contributed by atoms with E-state index in [0.29, 0.717) is 0 Å². The fourth-order valence-corrected chi connectivity index (χ4v) is 6.55. The summed E-state index contributed by atoms with van der Waals surface area (Å²) in [6.45, 7) is -0.0474. The SMILES string of the molecule is CNS(=O)(=O)[C@]12CC(=N)NC1(c1cc(Oc3cncc(OC)n3)ccc1F)CO[C@@H](COC)C2. The summed E-state index contributed by atoms with van der Waals surface area (Å²) >= 11 is 0. The lowest BCUT2D eigenvalue weighted by molar-refractivity contribution is -0.0795. The Hall–Kier alpha value is -2.87. The predicted octanol–water partition coefficient (Wildman–Crippen LogP) is 1.31. The normalized spacial score (nSPS) is 26.6. The zero-order valence-corrected chi connectivity index (χ0v) is 19.7. The fraction of sp³-hybridized carbons (Fsp3) is 0.476. The number of hydrogen-bond acceptors (Lipinski definition) is 9. The molecule has 184 valence electrons. The van der Waals surface area contributed by atoms with Crippen LogP contribution >= 0.6 is 0 Å². The van der Waals surface area contributed by atoms with Crippen LogP contribution < -0.4 is 19.5 Å². The van der Waals surface area contributed by atoms with Crippen LogP contribution in [0, 0.1) is 11.2 Å². The Kier molecular flexibility index (Phi) is 6.46. The number of methoxy groups -OCH3 is 2. The first kappa shape index (κ1) is 24.3. The largest absolute Gasteiger partial charge is 0.480 e. The van der Waals surface area contributed by atoms with Gasteiger partial charge in [-0.25, -0.2) is 17.5 Å². The van der Waals surface area contributed by atoms with Crippen LogP contribution in [0.2, 0.25) is 0 Å². The number of rotatable bonds is 8. The molecule has 0 saturated carbocycles. The molecule has 2 aliphatic heterocycles. The highest BCUT2D eigenvalue weighted by Gasteiger charge is 2.68. The first-order chi connectivity index (χ1) is 16.2. The van der Waals surface area contributed by atoms with Crippen molar-refractivity contribution in [1.29, 1.82) is 5.41 Å². The monoisotopic (exact) mass is 495 g/mol. The van der Waals surface area contributed by atoms with Crippen molar-refractivity contribution in [3.05, 3.63) is 42.0 Å². The second-order valence-electron chi connectivity index (χ2n) is 8.12. The van der Waals surface area contributed by atoms with E-state index in [-0.39, 0.29) is 55.0 Å². The number of ether oxygens (including phenoxy) is 4. The summed E-state index contributed by atoms with van der Waals surface area (Å²) in [4.78, 5) is 8.11. The van der Waals surface area contributed by atoms with E-state index >= 15 is 4.39 Å². The molecule has 11 nitrogen and oxygen atoms in total. The van der Waals surface area contributed by atoms with E-state index in [2.05, 4.69) is 20.0 Å². The lowest BCUT2D eigenvalue weighted by atomic mass is 9.74. The quantitative estimate of drug-likeness (QED) is 0.493. The van der Waals surface area contributed by atoms with Gasteiger partial charge in [0.25, 0.3) is 0 Å². The summed E-state index contributed by atoms with van der Waals surface area (Å²) in [5, 5.41) is 11.3. The first-order valence-corrected chi connectivity index (χ1v) is 11.9. The van der Waals surface area contributed by atoms with Gasteiger partial charge in [-0.3, -0.25) is 10.4 Å². The van der Waals surface area contributed by atoms with Gasteiger partial charge in [0.1, 0.15) is 21.9 Å². The minimum absolute atomic E-state index is 0.00204. The van der Waals surface area contributed by atoms with E-state index in [1.54, 1.807) is 0 Å². The minimum atomic E-state index is -4.04. The van der Waals surface area contributed by atoms with Crippen molar-refractivity contribution < 1.29 is 31.8 Å². The van der Waals surface area contributed by atoms with Gasteiger partial charge in [0.15, 0.2) is 0 Å². The highest BCUT2D eigenvalue weighted by atomic mass is 32.2. The fourth-order valence-electron chi connectivity index (χ4n) is 4.74. The Morgan fingerprint density at radius 3 is 2.79 bits per heavy atom. The number of halogens is 1. The van der Waals surface area contributed by atoms with E-state index in [9.17, 15) is 8.42 Å². The standard InChI is InChI=1S/C21H26FN5O6S/c1-24-34(28,29)20-7-14(11-30-2)32-12-21(20,27-17(23)8-20)15-6-13(4-5-16(15)22)33-19-10-25-9-18(26-19)31-3/h4-6,9-10,14,24H,7-8,11-12H2,1-3H3,(H2,23,27)/t14-,20-,21?/m1/s1. The van der Waals surface area contributed by atoms with Crippen LogP contribution in [0.3, 0.4) is 0 Å². The molecule has 1 unspecified atom stereocenters. The van der Waals surface area contributed by atoms with Gasteiger partial charge in [-0.2, -0.15) is 4.98 Å². The molecule has 2 aromatic rings. The molecule has 1 aromatic carbocycles. The molecular weight excluding hydrogens is 469 g/mol. The molecule has 0 spiro atoms. The molecule has 1 aromatic heterocycles. The maximum atomic E-state index is 15.4. The predicted molar refractivity (Wildman–Crippen MR) is 119 cm³/mol. The zero-order valence-electron chi connectivity index (χ0n) is 18.9. The minimum Gasteiger partial charge on any atom is -0.480 e. The number of hydrogen-bond donors (Lipinski definition) is 3. The summed E-state index contributed by atoms with van der Waals surface area (Å²) < 4.78 is 65.0. The molecule has 0 bridgehead atoms. The van der Waals surface area contributed by atoms with Crippen LogP contribution in [0.5, 0.6) is 17.5 Å². The molecule has 0 radical (unpaired) electrons. The van der Waals surface area contributed by atoms with Crippen molar-refractivity contribution >= 4 is 15.9 Å². The van der Waals surface area contributed by atoms with Gasteiger partial charge < -0.3 is 24.3 Å². The summed E-state index contributed by atoms with van der Waals surface area (Å²) in [6.07, 6.45) is 2.06. The van der Waals surface area contributed by atoms with E-state index in [0.717, 1.165) is 0 Å². The van der Waals surface area contributed by atoms with Crippen LogP contribution in [-0.2, 0) is 25.0 Å². The smallest absolute Gasteiger partial charge is 0.241 e. The zero-order chi connectivity index (χ0) is 24.6. The second kappa shape index (κ2) is 9.06. The average Bonchev–Trinajstić information content (AvgIpc) is 3.14. The summed E-state index contributed by atoms with van der Waals surface area (Å²) in [7, 11) is 0.181. The third-order valence-corrected chi connectivity index (χ3v) is 8.48. The Bertz CT molecular complexity index is 1200. The van der Waals surface area contributed by atoms with Crippen LogP contribution in [0.15, 0.2) is 30.6 Å². The van der Waals surface area contributed by atoms with Crippen molar-refractivity contribution in [2.45, 2.75) is 29.2 Å². The van der Waals surface area contributed by atoms with E-state index in [1.165, 1.54) is 51.9 Å². The van der Waals surface area contributed by atoms with Crippen molar-refractivity contribution in [1.82, 2.24) is 20.0 Å². The number of benzene rings is 1. The Morgan fingerprint density at radius 2 is 2.09 bits per heavy atom. The number of nitrogens with zero attached hydrogens (tertiary/aromatic N) is 2. The molecular formula is C21H26FN5O6S. The highest BCUT2D eigenvalue weighted by molar-refractivity contribution is 7.91. The summed E-state index contributed by atoms with van der Waals surface area (Å²) in [6, 6.07) is 3.96. The van der Waals surface area contributed by atoms with Crippen molar-refractivity contribution in [2.75, 3.05) is 34.5 Å². The van der Waals surface area contributed by atoms with Crippen molar-refractivity contribution in [3.63, 3.8) is 0 Å². The topological polar surface area (TPSA) is 145 Å². The number of aromatic nitrogens is 2. The van der Waals surface area contributed by atoms with Gasteiger partial charge >= 0.3 is 0 Å². The third kappa shape index (κ3) is 3.87. The molecule has 2 fully saturated rings. The van der Waals surface area contributed by atoms with Gasteiger partial charge in [-0.05, 0) is 31.7 Å². The van der Waals surface area contributed by atoms with Gasteiger partial charge in [0.05, 0.1) is 44.7 Å². The van der Waals surface area contributed by atoms with Gasteiger partial charge in [-0.15, -0.1) is 0 Å². The second-order valence-corrected chi connectivity index (χ2v) is 10.3. The number of sulfonamides is 1. The Balaban J connectivity index is 1.83. The van der Waals surface area contributed by atoms with Crippen LogP contribution in [0.25, 0.3) is 0 Å². The summed E-state index contributed by atoms with van der Waals surface area (Å²) in [5.41, 5.74) is -1.59. The number of amidine groups is 1.